The third-order valence-electron chi connectivity index (χ3n) is 2.93. The highest BCUT2D eigenvalue weighted by molar-refractivity contribution is 5.86. The third kappa shape index (κ3) is 3.87. The van der Waals surface area contributed by atoms with Crippen molar-refractivity contribution in [2.24, 2.45) is 5.73 Å². The van der Waals surface area contributed by atoms with E-state index in [2.05, 4.69) is 0 Å². The van der Waals surface area contributed by atoms with Gasteiger partial charge in [-0.3, -0.25) is 9.59 Å². The van der Waals surface area contributed by atoms with Gasteiger partial charge in [-0.25, -0.2) is 0 Å². The number of benzene rings is 1. The maximum absolute atomic E-state index is 11.8. The molecule has 0 aliphatic heterocycles. The maximum Gasteiger partial charge on any atom is 0.240 e. The maximum atomic E-state index is 11.8. The summed E-state index contributed by atoms with van der Waals surface area (Å²) in [6.45, 7) is 1.93. The van der Waals surface area contributed by atoms with Crippen LogP contribution in [0, 0.1) is 0 Å². The van der Waals surface area contributed by atoms with Gasteiger partial charge in [-0.15, -0.1) is 0 Å². The topological polar surface area (TPSA) is 63.4 Å². The second-order valence-corrected chi connectivity index (χ2v) is 4.36. The Morgan fingerprint density at radius 1 is 1.28 bits per heavy atom. The first kappa shape index (κ1) is 14.2. The molecule has 0 heterocycles. The summed E-state index contributed by atoms with van der Waals surface area (Å²) in [5.41, 5.74) is 6.38. The van der Waals surface area contributed by atoms with Gasteiger partial charge in [0, 0.05) is 19.9 Å². The van der Waals surface area contributed by atoms with E-state index >= 15 is 0 Å². The molecule has 0 aliphatic carbocycles. The van der Waals surface area contributed by atoms with Gasteiger partial charge in [-0.1, -0.05) is 37.3 Å². The average Bonchev–Trinajstić information content (AvgIpc) is 2.36. The monoisotopic (exact) mass is 248 g/mol. The highest BCUT2D eigenvalue weighted by Crippen LogP contribution is 2.09. The summed E-state index contributed by atoms with van der Waals surface area (Å²) in [5.74, 6) is -0.511. The molecule has 0 aliphatic rings. The molecule has 0 saturated heterocycles. The number of carbonyl (C=O) groups excluding carboxylic acids is 2. The van der Waals surface area contributed by atoms with Crippen molar-refractivity contribution in [1.82, 2.24) is 4.90 Å². The number of hydrogen-bond donors (Lipinski definition) is 1. The molecule has 18 heavy (non-hydrogen) atoms. The van der Waals surface area contributed by atoms with E-state index in [-0.39, 0.29) is 5.91 Å². The number of nitrogens with two attached hydrogens (primary N) is 1. The van der Waals surface area contributed by atoms with Crippen molar-refractivity contribution in [3.63, 3.8) is 0 Å². The van der Waals surface area contributed by atoms with Crippen molar-refractivity contribution >= 4 is 11.8 Å². The van der Waals surface area contributed by atoms with Crippen LogP contribution in [-0.2, 0) is 16.0 Å². The molecule has 1 aromatic rings. The van der Waals surface area contributed by atoms with E-state index in [9.17, 15) is 9.59 Å². The van der Waals surface area contributed by atoms with Gasteiger partial charge in [0.1, 0.15) is 6.04 Å². The van der Waals surface area contributed by atoms with Gasteiger partial charge in [0.25, 0.3) is 0 Å². The van der Waals surface area contributed by atoms with Crippen LogP contribution in [0.2, 0.25) is 0 Å². The number of hydrogen-bond acceptors (Lipinski definition) is 2. The Hall–Kier alpha value is -1.84. The van der Waals surface area contributed by atoms with Gasteiger partial charge in [-0.2, -0.15) is 0 Å². The molecule has 0 saturated carbocycles. The van der Waals surface area contributed by atoms with Crippen molar-refractivity contribution in [2.45, 2.75) is 32.2 Å². The molecule has 1 aromatic carbocycles. The van der Waals surface area contributed by atoms with Gasteiger partial charge in [-0.05, 0) is 12.0 Å². The van der Waals surface area contributed by atoms with E-state index < -0.39 is 11.9 Å². The zero-order valence-electron chi connectivity index (χ0n) is 10.9. The lowest BCUT2D eigenvalue weighted by atomic mass is 10.0. The quantitative estimate of drug-likeness (QED) is 0.825. The first-order valence-electron chi connectivity index (χ1n) is 6.15. The van der Waals surface area contributed by atoms with Crippen LogP contribution >= 0.6 is 0 Å². The summed E-state index contributed by atoms with van der Waals surface area (Å²) in [5, 5.41) is 0. The van der Waals surface area contributed by atoms with Gasteiger partial charge in [0.15, 0.2) is 0 Å². The molecule has 0 bridgehead atoms. The van der Waals surface area contributed by atoms with Crippen LogP contribution in [-0.4, -0.2) is 29.8 Å². The largest absolute Gasteiger partial charge is 0.368 e. The van der Waals surface area contributed by atoms with Crippen LogP contribution in [0.25, 0.3) is 0 Å². The van der Waals surface area contributed by atoms with Crippen molar-refractivity contribution in [2.75, 3.05) is 7.05 Å². The van der Waals surface area contributed by atoms with Crippen LogP contribution < -0.4 is 5.73 Å². The van der Waals surface area contributed by atoms with E-state index in [0.717, 1.165) is 12.0 Å². The van der Waals surface area contributed by atoms with Gasteiger partial charge in [0.2, 0.25) is 11.8 Å². The first-order chi connectivity index (χ1) is 8.56. The second-order valence-electron chi connectivity index (χ2n) is 4.36. The minimum Gasteiger partial charge on any atom is -0.368 e. The summed E-state index contributed by atoms with van der Waals surface area (Å²) in [6.07, 6.45) is 1.66. The summed E-state index contributed by atoms with van der Waals surface area (Å²) in [7, 11) is 1.64. The molecule has 0 fully saturated rings. The van der Waals surface area contributed by atoms with Gasteiger partial charge < -0.3 is 10.6 Å². The molecule has 98 valence electrons. The molecule has 0 spiro atoms. The summed E-state index contributed by atoms with van der Waals surface area (Å²) >= 11 is 0. The molecule has 0 aromatic heterocycles. The molecule has 1 unspecified atom stereocenters. The molecular weight excluding hydrogens is 228 g/mol. The highest BCUT2D eigenvalue weighted by Gasteiger charge is 2.24. The second kappa shape index (κ2) is 6.79. The molecule has 1 atom stereocenters. The number of amides is 2. The SMILES string of the molecule is CCCC(=O)N(C)C(Cc1ccccc1)C(N)=O. The van der Waals surface area contributed by atoms with Crippen LogP contribution in [0.5, 0.6) is 0 Å². The smallest absolute Gasteiger partial charge is 0.240 e. The predicted octanol–water partition coefficient (Wildman–Crippen LogP) is 1.34. The molecule has 2 N–H and O–H groups in total. The lowest BCUT2D eigenvalue weighted by Crippen LogP contribution is -2.46. The number of rotatable bonds is 6. The Morgan fingerprint density at radius 3 is 2.39 bits per heavy atom. The van der Waals surface area contributed by atoms with E-state index in [0.29, 0.717) is 12.8 Å². The Bertz CT molecular complexity index is 404. The van der Waals surface area contributed by atoms with Gasteiger partial charge >= 0.3 is 0 Å². The Balaban J connectivity index is 2.77. The standard InChI is InChI=1S/C14H20N2O2/c1-3-7-13(17)16(2)12(14(15)18)10-11-8-5-4-6-9-11/h4-6,8-9,12H,3,7,10H2,1-2H3,(H2,15,18). The van der Waals surface area contributed by atoms with Crippen molar-refractivity contribution in [3.05, 3.63) is 35.9 Å². The van der Waals surface area contributed by atoms with Crippen molar-refractivity contribution < 1.29 is 9.59 Å². The highest BCUT2D eigenvalue weighted by atomic mass is 16.2. The number of likely N-dealkylation sites (N-methyl/N-ethyl adjacent to an activating group) is 1. The predicted molar refractivity (Wildman–Crippen MR) is 70.8 cm³/mol. The lowest BCUT2D eigenvalue weighted by molar-refractivity contribution is -0.137. The van der Waals surface area contributed by atoms with E-state index in [1.54, 1.807) is 7.05 Å². The summed E-state index contributed by atoms with van der Waals surface area (Å²) in [4.78, 5) is 24.7. The van der Waals surface area contributed by atoms with E-state index in [1.165, 1.54) is 4.90 Å². The minimum absolute atomic E-state index is 0.0442. The molecule has 1 rings (SSSR count). The molecular formula is C14H20N2O2. The van der Waals surface area contributed by atoms with Crippen molar-refractivity contribution in [3.8, 4) is 0 Å². The third-order valence-corrected chi connectivity index (χ3v) is 2.93. The molecule has 2 amide bonds. The number of primary amides is 1. The molecule has 4 heteroatoms. The van der Waals surface area contributed by atoms with E-state index in [1.807, 2.05) is 37.3 Å². The fourth-order valence-electron chi connectivity index (χ4n) is 1.83. The van der Waals surface area contributed by atoms with Crippen LogP contribution in [0.15, 0.2) is 30.3 Å². The number of nitrogens with zero attached hydrogens (tertiary/aromatic N) is 1. The van der Waals surface area contributed by atoms with Crippen molar-refractivity contribution in [1.29, 1.82) is 0 Å². The minimum atomic E-state index is -0.577. The summed E-state index contributed by atoms with van der Waals surface area (Å²) < 4.78 is 0. The molecule has 0 radical (unpaired) electrons. The zero-order valence-corrected chi connectivity index (χ0v) is 10.9. The normalized spacial score (nSPS) is 11.9. The Morgan fingerprint density at radius 2 is 1.89 bits per heavy atom. The summed E-state index contributed by atoms with van der Waals surface area (Å²) in [6, 6.07) is 8.99. The zero-order chi connectivity index (χ0) is 13.5. The molecule has 4 nitrogen and oxygen atoms in total. The van der Waals surface area contributed by atoms with Crippen LogP contribution in [0.4, 0.5) is 0 Å². The van der Waals surface area contributed by atoms with E-state index in [4.69, 9.17) is 5.73 Å². The fourth-order valence-corrected chi connectivity index (χ4v) is 1.83. The van der Waals surface area contributed by atoms with Crippen LogP contribution in [0.1, 0.15) is 25.3 Å². The van der Waals surface area contributed by atoms with Gasteiger partial charge in [0.05, 0.1) is 0 Å². The van der Waals surface area contributed by atoms with Crippen LogP contribution in [0.3, 0.4) is 0 Å². The Labute approximate surface area is 108 Å². The fraction of sp³-hybridized carbons (Fsp3) is 0.429. The lowest BCUT2D eigenvalue weighted by Gasteiger charge is -2.25. The first-order valence-corrected chi connectivity index (χ1v) is 6.15. The average molecular weight is 248 g/mol. The number of carbonyl (C=O) groups is 2. The Kier molecular flexibility index (Phi) is 5.36.